The van der Waals surface area contributed by atoms with Gasteiger partial charge in [-0.2, -0.15) is 0 Å². The average molecular weight is 256 g/mol. The normalized spacial score (nSPS) is 29.0. The molecule has 0 saturated carbocycles. The minimum atomic E-state index is -0.111. The van der Waals surface area contributed by atoms with Crippen molar-refractivity contribution in [1.29, 1.82) is 0 Å². The van der Waals surface area contributed by atoms with Gasteiger partial charge >= 0.3 is 0 Å². The Bertz CT molecular complexity index is 252. The van der Waals surface area contributed by atoms with E-state index in [-0.39, 0.29) is 6.10 Å². The highest BCUT2D eigenvalue weighted by atomic mass is 16.5. The third-order valence-electron chi connectivity index (χ3n) is 4.25. The molecule has 0 aromatic rings. The van der Waals surface area contributed by atoms with Crippen LogP contribution in [0.25, 0.3) is 0 Å². The maximum Gasteiger partial charge on any atom is 0.0679 e. The van der Waals surface area contributed by atoms with Gasteiger partial charge in [0.2, 0.25) is 0 Å². The average Bonchev–Trinajstić information content (AvgIpc) is 2.73. The molecule has 4 nitrogen and oxygen atoms in total. The lowest BCUT2D eigenvalue weighted by Gasteiger charge is -2.40. The Kier molecular flexibility index (Phi) is 5.01. The second kappa shape index (κ2) is 6.33. The van der Waals surface area contributed by atoms with Gasteiger partial charge in [0.15, 0.2) is 0 Å². The maximum atomic E-state index is 9.65. The minimum absolute atomic E-state index is 0.111. The van der Waals surface area contributed by atoms with Crippen LogP contribution in [0.1, 0.15) is 33.1 Å². The lowest BCUT2D eigenvalue weighted by Crippen LogP contribution is -2.48. The number of nitrogens with one attached hydrogen (secondary N) is 1. The van der Waals surface area contributed by atoms with Crippen LogP contribution in [0.3, 0.4) is 0 Å². The van der Waals surface area contributed by atoms with Gasteiger partial charge in [0.1, 0.15) is 0 Å². The number of aliphatic hydroxyl groups is 1. The third-order valence-corrected chi connectivity index (χ3v) is 4.25. The monoisotopic (exact) mass is 256 g/mol. The van der Waals surface area contributed by atoms with E-state index in [0.717, 1.165) is 58.7 Å². The molecule has 0 spiro atoms. The van der Waals surface area contributed by atoms with E-state index in [2.05, 4.69) is 24.1 Å². The Labute approximate surface area is 111 Å². The first kappa shape index (κ1) is 14.3. The Morgan fingerprint density at radius 2 is 2.11 bits per heavy atom. The molecule has 0 radical (unpaired) electrons. The molecule has 2 aliphatic heterocycles. The van der Waals surface area contributed by atoms with Crippen LogP contribution in [0.2, 0.25) is 0 Å². The Morgan fingerprint density at radius 3 is 2.67 bits per heavy atom. The molecule has 106 valence electrons. The van der Waals surface area contributed by atoms with Crippen molar-refractivity contribution in [3.05, 3.63) is 0 Å². The molecule has 1 unspecified atom stereocenters. The van der Waals surface area contributed by atoms with Gasteiger partial charge in [0, 0.05) is 45.4 Å². The van der Waals surface area contributed by atoms with Crippen LogP contribution in [-0.2, 0) is 4.74 Å². The van der Waals surface area contributed by atoms with Gasteiger partial charge in [-0.3, -0.25) is 0 Å². The van der Waals surface area contributed by atoms with Crippen molar-refractivity contribution in [2.45, 2.75) is 45.3 Å². The molecule has 0 aromatic heterocycles. The van der Waals surface area contributed by atoms with E-state index in [1.54, 1.807) is 0 Å². The molecule has 1 atom stereocenters. The highest BCUT2D eigenvalue weighted by molar-refractivity contribution is 4.90. The van der Waals surface area contributed by atoms with Gasteiger partial charge < -0.3 is 20.1 Å². The van der Waals surface area contributed by atoms with Crippen molar-refractivity contribution in [3.63, 3.8) is 0 Å². The van der Waals surface area contributed by atoms with Crippen LogP contribution < -0.4 is 5.32 Å². The first-order valence-electron chi connectivity index (χ1n) is 7.31. The van der Waals surface area contributed by atoms with Gasteiger partial charge in [-0.25, -0.2) is 0 Å². The summed E-state index contributed by atoms with van der Waals surface area (Å²) >= 11 is 0. The van der Waals surface area contributed by atoms with Gasteiger partial charge in [0.05, 0.1) is 6.10 Å². The Balaban J connectivity index is 1.91. The summed E-state index contributed by atoms with van der Waals surface area (Å²) in [6.07, 6.45) is 3.10. The van der Waals surface area contributed by atoms with Crippen LogP contribution in [0.15, 0.2) is 0 Å². The molecule has 2 rings (SSSR count). The van der Waals surface area contributed by atoms with Crippen molar-refractivity contribution in [3.8, 4) is 0 Å². The molecular formula is C14H28N2O2. The molecule has 0 amide bonds. The summed E-state index contributed by atoms with van der Waals surface area (Å²) in [5, 5.41) is 13.2. The summed E-state index contributed by atoms with van der Waals surface area (Å²) in [7, 11) is 0. The summed E-state index contributed by atoms with van der Waals surface area (Å²) in [5.41, 5.74) is 0.340. The smallest absolute Gasteiger partial charge is 0.0679 e. The second-order valence-electron chi connectivity index (χ2n) is 6.33. The molecular weight excluding hydrogens is 228 g/mol. The molecule has 4 heteroatoms. The third kappa shape index (κ3) is 3.92. The number of rotatable bonds is 5. The van der Waals surface area contributed by atoms with Crippen LogP contribution >= 0.6 is 0 Å². The molecule has 0 bridgehead atoms. The largest absolute Gasteiger partial charge is 0.392 e. The van der Waals surface area contributed by atoms with Crippen molar-refractivity contribution >= 4 is 0 Å². The highest BCUT2D eigenvalue weighted by Crippen LogP contribution is 2.32. The van der Waals surface area contributed by atoms with E-state index in [1.165, 1.54) is 0 Å². The number of hydrogen-bond donors (Lipinski definition) is 2. The lowest BCUT2D eigenvalue weighted by molar-refractivity contribution is -0.00329. The summed E-state index contributed by atoms with van der Waals surface area (Å²) in [6.45, 7) is 10.2. The van der Waals surface area contributed by atoms with E-state index >= 15 is 0 Å². The fourth-order valence-corrected chi connectivity index (χ4v) is 3.05. The van der Waals surface area contributed by atoms with E-state index in [9.17, 15) is 5.11 Å². The van der Waals surface area contributed by atoms with Gasteiger partial charge in [0.25, 0.3) is 0 Å². The molecule has 2 aliphatic rings. The zero-order valence-corrected chi connectivity index (χ0v) is 11.8. The Hall–Kier alpha value is -0.160. The van der Waals surface area contributed by atoms with Crippen molar-refractivity contribution in [2.24, 2.45) is 5.41 Å². The van der Waals surface area contributed by atoms with Crippen molar-refractivity contribution < 1.29 is 9.84 Å². The molecule has 2 heterocycles. The van der Waals surface area contributed by atoms with E-state index < -0.39 is 0 Å². The first-order valence-corrected chi connectivity index (χ1v) is 7.31. The number of ether oxygens (including phenoxy) is 1. The fraction of sp³-hybridized carbons (Fsp3) is 1.00. The van der Waals surface area contributed by atoms with Crippen LogP contribution in [0.4, 0.5) is 0 Å². The highest BCUT2D eigenvalue weighted by Gasteiger charge is 2.36. The molecule has 0 aliphatic carbocycles. The van der Waals surface area contributed by atoms with Crippen LogP contribution in [0.5, 0.6) is 0 Å². The number of aliphatic hydroxyl groups excluding tert-OH is 1. The zero-order valence-electron chi connectivity index (χ0n) is 11.8. The van der Waals surface area contributed by atoms with E-state index in [1.807, 2.05) is 0 Å². The van der Waals surface area contributed by atoms with Gasteiger partial charge in [-0.05, 0) is 24.7 Å². The van der Waals surface area contributed by atoms with Crippen molar-refractivity contribution in [2.75, 3.05) is 39.4 Å². The topological polar surface area (TPSA) is 44.7 Å². The summed E-state index contributed by atoms with van der Waals surface area (Å²) < 4.78 is 5.52. The standard InChI is InChI=1S/C14H28N2O2/c1-12(2)15-10-14(4-7-18-8-5-14)11-16-6-3-13(17)9-16/h12-13,15,17H,3-11H2,1-2H3. The Morgan fingerprint density at radius 1 is 1.39 bits per heavy atom. The molecule has 2 N–H and O–H groups in total. The molecule has 2 saturated heterocycles. The predicted octanol–water partition coefficient (Wildman–Crippen LogP) is 0.848. The SMILES string of the molecule is CC(C)NCC1(CN2CCC(O)C2)CCOCC1. The molecule has 2 fully saturated rings. The number of hydrogen-bond acceptors (Lipinski definition) is 4. The second-order valence-corrected chi connectivity index (χ2v) is 6.33. The first-order chi connectivity index (χ1) is 8.60. The number of nitrogens with zero attached hydrogens (tertiary/aromatic N) is 1. The van der Waals surface area contributed by atoms with Gasteiger partial charge in [-0.1, -0.05) is 13.8 Å². The quantitative estimate of drug-likeness (QED) is 0.765. The summed E-state index contributed by atoms with van der Waals surface area (Å²) in [4.78, 5) is 2.43. The number of β-amino-alcohol motifs (C(OH)–C–C–N with tert-alkyl or cyclic N) is 1. The predicted molar refractivity (Wildman–Crippen MR) is 72.7 cm³/mol. The number of likely N-dealkylation sites (tertiary alicyclic amines) is 1. The van der Waals surface area contributed by atoms with Crippen molar-refractivity contribution in [1.82, 2.24) is 10.2 Å². The van der Waals surface area contributed by atoms with Crippen LogP contribution in [-0.4, -0.2) is 61.5 Å². The van der Waals surface area contributed by atoms with E-state index in [0.29, 0.717) is 11.5 Å². The maximum absolute atomic E-state index is 9.65. The minimum Gasteiger partial charge on any atom is -0.392 e. The summed E-state index contributed by atoms with van der Waals surface area (Å²) in [5.74, 6) is 0. The van der Waals surface area contributed by atoms with E-state index in [4.69, 9.17) is 4.74 Å². The van der Waals surface area contributed by atoms with Gasteiger partial charge in [-0.15, -0.1) is 0 Å². The van der Waals surface area contributed by atoms with Crippen LogP contribution in [0, 0.1) is 5.41 Å². The summed E-state index contributed by atoms with van der Waals surface area (Å²) in [6, 6.07) is 0.536. The fourth-order valence-electron chi connectivity index (χ4n) is 3.05. The zero-order chi connectivity index (χ0) is 13.0. The molecule has 18 heavy (non-hydrogen) atoms. The lowest BCUT2D eigenvalue weighted by atomic mass is 9.79. The molecule has 0 aromatic carbocycles.